The van der Waals surface area contributed by atoms with Crippen molar-refractivity contribution in [1.29, 1.82) is 0 Å². The first kappa shape index (κ1) is 12.7. The molecule has 0 atom stereocenters. The summed E-state index contributed by atoms with van der Waals surface area (Å²) in [5.74, 6) is -1.58. The van der Waals surface area contributed by atoms with Gasteiger partial charge in [0.05, 0.1) is 10.2 Å². The number of carbonyl (C=O) groups is 1. The zero-order valence-corrected chi connectivity index (χ0v) is 11.2. The predicted molar refractivity (Wildman–Crippen MR) is 65.5 cm³/mol. The van der Waals surface area contributed by atoms with Gasteiger partial charge in [0.25, 0.3) is 5.82 Å². The van der Waals surface area contributed by atoms with Crippen molar-refractivity contribution in [2.45, 2.75) is 13.8 Å². The summed E-state index contributed by atoms with van der Waals surface area (Å²) in [4.78, 5) is 14.6. The molecule has 0 aliphatic carbocycles. The number of halogens is 2. The van der Waals surface area contributed by atoms with Crippen LogP contribution in [-0.4, -0.2) is 25.8 Å². The number of rotatable bonds is 2. The van der Waals surface area contributed by atoms with E-state index < -0.39 is 11.8 Å². The van der Waals surface area contributed by atoms with E-state index in [2.05, 4.69) is 26.0 Å². The fraction of sp³-hybridized carbons (Fsp3) is 0.182. The largest absolute Gasteiger partial charge is 0.475 e. The number of carboxylic acid groups (broad SMARTS) is 1. The minimum absolute atomic E-state index is 0.310. The molecule has 0 saturated heterocycles. The third-order valence-electron chi connectivity index (χ3n) is 2.43. The van der Waals surface area contributed by atoms with Crippen LogP contribution in [0.25, 0.3) is 5.69 Å². The van der Waals surface area contributed by atoms with E-state index in [0.29, 0.717) is 16.0 Å². The van der Waals surface area contributed by atoms with Gasteiger partial charge < -0.3 is 5.11 Å². The minimum atomic E-state index is -1.22. The van der Waals surface area contributed by atoms with Crippen molar-refractivity contribution >= 4 is 21.9 Å². The van der Waals surface area contributed by atoms with Gasteiger partial charge in [-0.25, -0.2) is 18.9 Å². The topological polar surface area (TPSA) is 68.0 Å². The molecule has 0 aliphatic heterocycles. The fourth-order valence-electron chi connectivity index (χ4n) is 1.57. The zero-order valence-electron chi connectivity index (χ0n) is 9.61. The third-order valence-corrected chi connectivity index (χ3v) is 3.03. The van der Waals surface area contributed by atoms with Gasteiger partial charge in [0, 0.05) is 6.07 Å². The second kappa shape index (κ2) is 4.49. The summed E-state index contributed by atoms with van der Waals surface area (Å²) in [5.41, 5.74) is 1.22. The Morgan fingerprint density at radius 1 is 1.44 bits per heavy atom. The highest BCUT2D eigenvalue weighted by Crippen LogP contribution is 2.23. The van der Waals surface area contributed by atoms with Crippen LogP contribution in [0.3, 0.4) is 0 Å². The lowest BCUT2D eigenvalue weighted by Crippen LogP contribution is -2.04. The summed E-state index contributed by atoms with van der Waals surface area (Å²) in [6, 6.07) is 2.89. The molecular weight excluding hydrogens is 305 g/mol. The number of benzene rings is 1. The summed E-state index contributed by atoms with van der Waals surface area (Å²) >= 11 is 3.09. The molecule has 5 nitrogen and oxygen atoms in total. The van der Waals surface area contributed by atoms with Crippen LogP contribution >= 0.6 is 15.9 Å². The molecule has 94 valence electrons. The second-order valence-corrected chi connectivity index (χ2v) is 4.61. The Bertz CT molecular complexity index is 639. The lowest BCUT2D eigenvalue weighted by atomic mass is 10.2. The first-order valence-corrected chi connectivity index (χ1v) is 5.82. The van der Waals surface area contributed by atoms with Crippen molar-refractivity contribution in [3.8, 4) is 5.69 Å². The monoisotopic (exact) mass is 313 g/mol. The maximum Gasteiger partial charge on any atom is 0.375 e. The molecule has 1 aromatic carbocycles. The molecule has 7 heteroatoms. The molecule has 2 aromatic rings. The maximum absolute atomic E-state index is 13.5. The quantitative estimate of drug-likeness (QED) is 0.925. The highest BCUT2D eigenvalue weighted by atomic mass is 79.9. The standard InChI is InChI=1S/C11H9BrFN3O2/c1-5-3-7(12)8(13)4-9(5)16-6(2)14-10(15-16)11(17)18/h3-4H,1-2H3,(H,17,18). The van der Waals surface area contributed by atoms with Crippen LogP contribution in [0, 0.1) is 19.7 Å². The first-order valence-electron chi connectivity index (χ1n) is 5.03. The van der Waals surface area contributed by atoms with Gasteiger partial charge in [-0.05, 0) is 41.4 Å². The smallest absolute Gasteiger partial charge is 0.375 e. The maximum atomic E-state index is 13.5. The van der Waals surface area contributed by atoms with E-state index in [1.165, 1.54) is 10.7 Å². The molecule has 0 fully saturated rings. The lowest BCUT2D eigenvalue weighted by molar-refractivity contribution is 0.0683. The van der Waals surface area contributed by atoms with Gasteiger partial charge in [-0.1, -0.05) is 0 Å². The lowest BCUT2D eigenvalue weighted by Gasteiger charge is -2.08. The van der Waals surface area contributed by atoms with Crippen LogP contribution in [-0.2, 0) is 0 Å². The van der Waals surface area contributed by atoms with E-state index in [0.717, 1.165) is 5.56 Å². The molecule has 0 amide bonds. The van der Waals surface area contributed by atoms with Crippen LogP contribution in [0.4, 0.5) is 4.39 Å². The molecule has 0 radical (unpaired) electrons. The molecule has 2 rings (SSSR count). The van der Waals surface area contributed by atoms with Crippen molar-refractivity contribution in [2.24, 2.45) is 0 Å². The average molecular weight is 314 g/mol. The molecule has 0 saturated carbocycles. The van der Waals surface area contributed by atoms with Gasteiger partial charge in [-0.15, -0.1) is 5.10 Å². The fourth-order valence-corrected chi connectivity index (χ4v) is 2.03. The van der Waals surface area contributed by atoms with Crippen molar-refractivity contribution in [1.82, 2.24) is 14.8 Å². The molecule has 0 bridgehead atoms. The van der Waals surface area contributed by atoms with Gasteiger partial charge in [0.1, 0.15) is 11.6 Å². The van der Waals surface area contributed by atoms with E-state index in [1.54, 1.807) is 19.9 Å². The highest BCUT2D eigenvalue weighted by molar-refractivity contribution is 9.10. The molecule has 0 aliphatic rings. The number of aromatic nitrogens is 3. The van der Waals surface area contributed by atoms with Crippen molar-refractivity contribution in [3.05, 3.63) is 39.6 Å². The Morgan fingerprint density at radius 3 is 2.67 bits per heavy atom. The van der Waals surface area contributed by atoms with Crippen LogP contribution in [0.5, 0.6) is 0 Å². The predicted octanol–water partition coefficient (Wildman–Crippen LogP) is 2.48. The van der Waals surface area contributed by atoms with Crippen LogP contribution in [0.2, 0.25) is 0 Å². The average Bonchev–Trinajstić information content (AvgIpc) is 2.66. The third kappa shape index (κ3) is 2.13. The summed E-state index contributed by atoms with van der Waals surface area (Å²) in [6.07, 6.45) is 0. The van der Waals surface area contributed by atoms with E-state index >= 15 is 0 Å². The first-order chi connectivity index (χ1) is 8.40. The zero-order chi connectivity index (χ0) is 13.4. The summed E-state index contributed by atoms with van der Waals surface area (Å²) in [6.45, 7) is 3.39. The SMILES string of the molecule is Cc1cc(Br)c(F)cc1-n1nc(C(=O)O)nc1C. The molecular formula is C11H9BrFN3O2. The molecule has 1 N–H and O–H groups in total. The minimum Gasteiger partial charge on any atom is -0.475 e. The van der Waals surface area contributed by atoms with E-state index in [4.69, 9.17) is 5.11 Å². The molecule has 0 unspecified atom stereocenters. The number of aryl methyl sites for hydroxylation is 2. The Kier molecular flexibility index (Phi) is 3.16. The van der Waals surface area contributed by atoms with E-state index in [9.17, 15) is 9.18 Å². The number of hydrogen-bond donors (Lipinski definition) is 1. The second-order valence-electron chi connectivity index (χ2n) is 3.75. The van der Waals surface area contributed by atoms with Crippen molar-refractivity contribution in [3.63, 3.8) is 0 Å². The van der Waals surface area contributed by atoms with Gasteiger partial charge in [-0.3, -0.25) is 0 Å². The van der Waals surface area contributed by atoms with Crippen LogP contribution in [0.15, 0.2) is 16.6 Å². The van der Waals surface area contributed by atoms with Gasteiger partial charge in [0.2, 0.25) is 0 Å². The van der Waals surface area contributed by atoms with Gasteiger partial charge in [-0.2, -0.15) is 0 Å². The van der Waals surface area contributed by atoms with E-state index in [1.807, 2.05) is 0 Å². The molecule has 1 aromatic heterocycles. The normalized spacial score (nSPS) is 10.7. The number of nitrogens with zero attached hydrogens (tertiary/aromatic N) is 3. The molecule has 18 heavy (non-hydrogen) atoms. The summed E-state index contributed by atoms with van der Waals surface area (Å²) in [7, 11) is 0. The Labute approximate surface area is 110 Å². The highest BCUT2D eigenvalue weighted by Gasteiger charge is 2.16. The number of hydrogen-bond acceptors (Lipinski definition) is 3. The summed E-state index contributed by atoms with van der Waals surface area (Å²) < 4.78 is 15.2. The number of carboxylic acids is 1. The van der Waals surface area contributed by atoms with Crippen molar-refractivity contribution < 1.29 is 14.3 Å². The van der Waals surface area contributed by atoms with Gasteiger partial charge >= 0.3 is 5.97 Å². The van der Waals surface area contributed by atoms with Crippen LogP contribution < -0.4 is 0 Å². The van der Waals surface area contributed by atoms with E-state index in [-0.39, 0.29) is 5.82 Å². The number of aromatic carboxylic acids is 1. The Balaban J connectivity index is 2.62. The molecule has 1 heterocycles. The van der Waals surface area contributed by atoms with Gasteiger partial charge in [0.15, 0.2) is 0 Å². The van der Waals surface area contributed by atoms with Crippen LogP contribution in [0.1, 0.15) is 22.0 Å². The Hall–Kier alpha value is -1.76. The Morgan fingerprint density at radius 2 is 2.11 bits per heavy atom. The molecule has 0 spiro atoms. The van der Waals surface area contributed by atoms with Crippen molar-refractivity contribution in [2.75, 3.05) is 0 Å². The summed E-state index contributed by atoms with van der Waals surface area (Å²) in [5, 5.41) is 12.7.